The molecule has 0 N–H and O–H groups in total. The summed E-state index contributed by atoms with van der Waals surface area (Å²) in [5, 5.41) is 0. The van der Waals surface area contributed by atoms with Gasteiger partial charge in [0.05, 0.1) is 13.2 Å². The zero-order valence-corrected chi connectivity index (χ0v) is 16.3. The average Bonchev–Trinajstić information content (AvgIpc) is 2.77. The van der Waals surface area contributed by atoms with Gasteiger partial charge in [0.2, 0.25) is 0 Å². The monoisotopic (exact) mass is 400 g/mol. The number of methoxy groups -OCH3 is 1. The highest BCUT2D eigenvalue weighted by atomic mass is 16.7. The smallest absolute Gasteiger partial charge is 0.189 e. The maximum atomic E-state index is 12.4. The molecule has 0 spiro atoms. The number of rotatable bonds is 11. The van der Waals surface area contributed by atoms with Gasteiger partial charge in [-0.15, -0.1) is 0 Å². The first-order chi connectivity index (χ1) is 14.2. The molecule has 0 radical (unpaired) electrons. The van der Waals surface area contributed by atoms with Crippen molar-refractivity contribution in [1.29, 1.82) is 0 Å². The third kappa shape index (κ3) is 6.04. The summed E-state index contributed by atoms with van der Waals surface area (Å²) >= 11 is 0. The van der Waals surface area contributed by atoms with Crippen LogP contribution in [0.4, 0.5) is 0 Å². The Balaban J connectivity index is 1.47. The molecule has 0 aromatic heterocycles. The molecule has 1 aliphatic rings. The Morgan fingerprint density at radius 1 is 0.862 bits per heavy atom. The number of Topliss-reactive ketones (excluding diaryl/α,β-unsaturated/α-hetero) is 2. The lowest BCUT2D eigenvalue weighted by molar-refractivity contribution is -0.00847. The molecule has 3 rings (SSSR count). The molecule has 0 unspecified atom stereocenters. The van der Waals surface area contributed by atoms with E-state index in [0.717, 1.165) is 0 Å². The fraction of sp³-hybridized carbons (Fsp3) is 0.364. The fourth-order valence-electron chi connectivity index (χ4n) is 2.78. The molecule has 0 aliphatic carbocycles. The van der Waals surface area contributed by atoms with Crippen molar-refractivity contribution in [2.45, 2.75) is 12.8 Å². The molecule has 0 saturated heterocycles. The van der Waals surface area contributed by atoms with Crippen LogP contribution >= 0.6 is 0 Å². The van der Waals surface area contributed by atoms with Crippen molar-refractivity contribution in [2.24, 2.45) is 0 Å². The molecule has 1 aliphatic heterocycles. The summed E-state index contributed by atoms with van der Waals surface area (Å²) in [5.74, 6) is 1.60. The molecule has 0 bridgehead atoms. The Labute approximate surface area is 169 Å². The molecule has 0 fully saturated rings. The Hall–Kier alpha value is -2.90. The third-order valence-electron chi connectivity index (χ3n) is 4.36. The van der Waals surface area contributed by atoms with Crippen LogP contribution in [0.15, 0.2) is 42.5 Å². The molecule has 7 nitrogen and oxygen atoms in total. The lowest BCUT2D eigenvalue weighted by atomic mass is 10.0. The summed E-state index contributed by atoms with van der Waals surface area (Å²) < 4.78 is 26.5. The van der Waals surface area contributed by atoms with Gasteiger partial charge in [-0.25, -0.2) is 0 Å². The van der Waals surface area contributed by atoms with E-state index in [1.165, 1.54) is 0 Å². The summed E-state index contributed by atoms with van der Waals surface area (Å²) in [7, 11) is 1.60. The van der Waals surface area contributed by atoms with Crippen LogP contribution in [0.2, 0.25) is 0 Å². The maximum absolute atomic E-state index is 12.4. The van der Waals surface area contributed by atoms with Crippen LogP contribution in [-0.2, 0) is 9.47 Å². The second-order valence-electron chi connectivity index (χ2n) is 6.39. The van der Waals surface area contributed by atoms with E-state index < -0.39 is 0 Å². The van der Waals surface area contributed by atoms with Crippen LogP contribution in [0.25, 0.3) is 0 Å². The zero-order chi connectivity index (χ0) is 20.5. The van der Waals surface area contributed by atoms with Crippen LogP contribution in [0, 0.1) is 0 Å². The van der Waals surface area contributed by atoms with Crippen LogP contribution in [-0.4, -0.2) is 51.9 Å². The van der Waals surface area contributed by atoms with Crippen molar-refractivity contribution < 1.29 is 33.3 Å². The molecular formula is C22H24O7. The Kier molecular flexibility index (Phi) is 7.61. The van der Waals surface area contributed by atoms with Crippen molar-refractivity contribution >= 4 is 11.6 Å². The summed E-state index contributed by atoms with van der Waals surface area (Å²) in [6, 6.07) is 11.9. The van der Waals surface area contributed by atoms with Gasteiger partial charge in [-0.05, 0) is 42.5 Å². The van der Waals surface area contributed by atoms with Gasteiger partial charge in [-0.3, -0.25) is 9.59 Å². The topological polar surface area (TPSA) is 80.3 Å². The second kappa shape index (κ2) is 10.6. The first kappa shape index (κ1) is 20.8. The lowest BCUT2D eigenvalue weighted by Crippen LogP contribution is -2.16. The molecule has 0 atom stereocenters. The van der Waals surface area contributed by atoms with Crippen molar-refractivity contribution in [2.75, 3.05) is 40.3 Å². The molecule has 29 heavy (non-hydrogen) atoms. The van der Waals surface area contributed by atoms with Gasteiger partial charge in [0.1, 0.15) is 19.0 Å². The Bertz CT molecular complexity index is 830. The number of fused-ring (bicyclic) bond motifs is 1. The van der Waals surface area contributed by atoms with Crippen LogP contribution in [0.1, 0.15) is 33.6 Å². The predicted molar refractivity (Wildman–Crippen MR) is 105 cm³/mol. The lowest BCUT2D eigenvalue weighted by Gasteiger charge is -2.18. The van der Waals surface area contributed by atoms with Gasteiger partial charge in [-0.2, -0.15) is 0 Å². The van der Waals surface area contributed by atoms with Gasteiger partial charge in [0.15, 0.2) is 29.9 Å². The van der Waals surface area contributed by atoms with E-state index in [1.807, 2.05) is 0 Å². The van der Waals surface area contributed by atoms with E-state index in [2.05, 4.69) is 0 Å². The Morgan fingerprint density at radius 2 is 1.52 bits per heavy atom. The molecule has 0 saturated carbocycles. The highest BCUT2D eigenvalue weighted by molar-refractivity contribution is 6.02. The summed E-state index contributed by atoms with van der Waals surface area (Å²) in [6.45, 7) is 2.02. The number of ketones is 2. The molecular weight excluding hydrogens is 376 g/mol. The van der Waals surface area contributed by atoms with Crippen molar-refractivity contribution in [1.82, 2.24) is 0 Å². The van der Waals surface area contributed by atoms with Gasteiger partial charge in [0, 0.05) is 31.1 Å². The fourth-order valence-corrected chi connectivity index (χ4v) is 2.78. The van der Waals surface area contributed by atoms with Gasteiger partial charge in [0.25, 0.3) is 0 Å². The summed E-state index contributed by atoms with van der Waals surface area (Å²) in [4.78, 5) is 24.8. The summed E-state index contributed by atoms with van der Waals surface area (Å²) in [6.07, 6.45) is 0.262. The van der Waals surface area contributed by atoms with Gasteiger partial charge >= 0.3 is 0 Å². The number of carbonyl (C=O) groups excluding carboxylic acids is 2. The standard InChI is InChI=1S/C22H24O7/c1-25-10-11-26-15-29-18-5-2-16(3-6-18)19(23)7-8-20(24)17-4-9-21-22(14-17)28-13-12-27-21/h2-6,9,14H,7-8,10-13,15H2,1H3. The SMILES string of the molecule is COCCOCOc1ccc(C(=O)CCC(=O)c2ccc3c(c2)OCCO3)cc1. The van der Waals surface area contributed by atoms with E-state index in [9.17, 15) is 9.59 Å². The predicted octanol–water partition coefficient (Wildman–Crippen LogP) is 3.30. The van der Waals surface area contributed by atoms with E-state index in [-0.39, 0.29) is 31.2 Å². The van der Waals surface area contributed by atoms with Crippen LogP contribution in [0.3, 0.4) is 0 Å². The minimum Gasteiger partial charge on any atom is -0.486 e. The molecule has 2 aromatic rings. The minimum absolute atomic E-state index is 0.0983. The average molecular weight is 400 g/mol. The molecule has 154 valence electrons. The zero-order valence-electron chi connectivity index (χ0n) is 16.3. The van der Waals surface area contributed by atoms with Crippen molar-refractivity contribution in [3.8, 4) is 17.2 Å². The number of carbonyl (C=O) groups is 2. The van der Waals surface area contributed by atoms with Crippen molar-refractivity contribution in [3.63, 3.8) is 0 Å². The number of hydrogen-bond acceptors (Lipinski definition) is 7. The Morgan fingerprint density at radius 3 is 2.24 bits per heavy atom. The van der Waals surface area contributed by atoms with E-state index in [1.54, 1.807) is 49.6 Å². The number of benzene rings is 2. The first-order valence-electron chi connectivity index (χ1n) is 9.43. The highest BCUT2D eigenvalue weighted by Gasteiger charge is 2.16. The molecule has 1 heterocycles. The molecule has 7 heteroatoms. The largest absolute Gasteiger partial charge is 0.486 e. The number of hydrogen-bond donors (Lipinski definition) is 0. The molecule has 0 amide bonds. The normalized spacial score (nSPS) is 12.4. The first-order valence-corrected chi connectivity index (χ1v) is 9.43. The van der Waals surface area contributed by atoms with Crippen LogP contribution < -0.4 is 14.2 Å². The van der Waals surface area contributed by atoms with Gasteiger partial charge < -0.3 is 23.7 Å². The minimum atomic E-state index is -0.108. The maximum Gasteiger partial charge on any atom is 0.189 e. The summed E-state index contributed by atoms with van der Waals surface area (Å²) in [5.41, 5.74) is 1.05. The van der Waals surface area contributed by atoms with Crippen molar-refractivity contribution in [3.05, 3.63) is 53.6 Å². The van der Waals surface area contributed by atoms with E-state index in [0.29, 0.717) is 54.8 Å². The molecule has 2 aromatic carbocycles. The van der Waals surface area contributed by atoms with Crippen LogP contribution in [0.5, 0.6) is 17.2 Å². The number of ether oxygens (including phenoxy) is 5. The third-order valence-corrected chi connectivity index (χ3v) is 4.36. The highest BCUT2D eigenvalue weighted by Crippen LogP contribution is 2.31. The van der Waals surface area contributed by atoms with E-state index in [4.69, 9.17) is 23.7 Å². The second-order valence-corrected chi connectivity index (χ2v) is 6.39. The van der Waals surface area contributed by atoms with E-state index >= 15 is 0 Å². The van der Waals surface area contributed by atoms with Gasteiger partial charge in [-0.1, -0.05) is 0 Å². The quantitative estimate of drug-likeness (QED) is 0.325.